The van der Waals surface area contributed by atoms with Crippen molar-refractivity contribution in [2.75, 3.05) is 15.4 Å². The Hall–Kier alpha value is -4.61. The largest absolute Gasteiger partial charge is 0.323 e. The zero-order valence-electron chi connectivity index (χ0n) is 17.9. The first-order chi connectivity index (χ1) is 16.5. The predicted octanol–water partition coefficient (Wildman–Crippen LogP) is 5.67. The summed E-state index contributed by atoms with van der Waals surface area (Å²) in [7, 11) is -3.91. The number of carbonyl (C=O) groups excluding carboxylic acids is 1. The van der Waals surface area contributed by atoms with Crippen LogP contribution in [0.1, 0.15) is 5.56 Å². The molecule has 0 spiro atoms. The Morgan fingerprint density at radius 1 is 0.676 bits per heavy atom. The van der Waals surface area contributed by atoms with E-state index < -0.39 is 16.1 Å². The molecule has 0 radical (unpaired) electrons. The van der Waals surface area contributed by atoms with Gasteiger partial charge < -0.3 is 10.6 Å². The summed E-state index contributed by atoms with van der Waals surface area (Å²) in [5.74, 6) is 0. The molecule has 0 saturated heterocycles. The average Bonchev–Trinajstić information content (AvgIpc) is 2.85. The van der Waals surface area contributed by atoms with E-state index in [1.807, 2.05) is 54.6 Å². The lowest BCUT2D eigenvalue weighted by atomic mass is 10.0. The van der Waals surface area contributed by atoms with Gasteiger partial charge in [-0.2, -0.15) is 5.26 Å². The van der Waals surface area contributed by atoms with Crippen molar-refractivity contribution in [1.29, 1.82) is 5.26 Å². The van der Waals surface area contributed by atoms with Crippen molar-refractivity contribution in [3.63, 3.8) is 0 Å². The molecule has 0 heterocycles. The Labute approximate surface area is 197 Å². The van der Waals surface area contributed by atoms with Gasteiger partial charge in [0.15, 0.2) is 0 Å². The fourth-order valence-corrected chi connectivity index (χ4v) is 4.50. The molecule has 0 aromatic heterocycles. The zero-order chi connectivity index (χ0) is 24.0. The normalized spacial score (nSPS) is 10.7. The molecule has 4 rings (SSSR count). The van der Waals surface area contributed by atoms with Crippen LogP contribution in [0.25, 0.3) is 11.1 Å². The molecule has 0 atom stereocenters. The Balaban J connectivity index is 1.57. The summed E-state index contributed by atoms with van der Waals surface area (Å²) in [6, 6.07) is 30.7. The van der Waals surface area contributed by atoms with Gasteiger partial charge in [-0.1, -0.05) is 72.8 Å². The van der Waals surface area contributed by atoms with Crippen LogP contribution in [0.15, 0.2) is 108 Å². The number of amides is 2. The molecule has 168 valence electrons. The van der Waals surface area contributed by atoms with Gasteiger partial charge in [0, 0.05) is 5.56 Å². The summed E-state index contributed by atoms with van der Waals surface area (Å²) >= 11 is 0. The van der Waals surface area contributed by atoms with Crippen molar-refractivity contribution >= 4 is 33.1 Å². The van der Waals surface area contributed by atoms with Gasteiger partial charge in [0.1, 0.15) is 6.07 Å². The number of carbonyl (C=O) groups is 1. The second kappa shape index (κ2) is 9.90. The Morgan fingerprint density at radius 2 is 1.24 bits per heavy atom. The monoisotopic (exact) mass is 468 g/mol. The third-order valence-corrected chi connectivity index (χ3v) is 6.36. The number of hydrogen-bond acceptors (Lipinski definition) is 4. The van der Waals surface area contributed by atoms with Crippen molar-refractivity contribution in [2.24, 2.45) is 0 Å². The van der Waals surface area contributed by atoms with Crippen molar-refractivity contribution in [3.8, 4) is 17.2 Å². The van der Waals surface area contributed by atoms with Crippen LogP contribution in [0.3, 0.4) is 0 Å². The third kappa shape index (κ3) is 5.06. The molecule has 4 aromatic carbocycles. The highest BCUT2D eigenvalue weighted by Gasteiger charge is 2.18. The first kappa shape index (κ1) is 22.6. The van der Waals surface area contributed by atoms with Gasteiger partial charge in [0.2, 0.25) is 0 Å². The van der Waals surface area contributed by atoms with Crippen molar-refractivity contribution in [3.05, 3.63) is 109 Å². The number of nitrogens with one attached hydrogen (secondary N) is 3. The lowest BCUT2D eigenvalue weighted by Crippen LogP contribution is -2.21. The summed E-state index contributed by atoms with van der Waals surface area (Å²) in [6.07, 6.45) is 0. The quantitative estimate of drug-likeness (QED) is 0.338. The Morgan fingerprint density at radius 3 is 1.94 bits per heavy atom. The van der Waals surface area contributed by atoms with E-state index in [4.69, 9.17) is 0 Å². The average molecular weight is 469 g/mol. The lowest BCUT2D eigenvalue weighted by Gasteiger charge is -2.15. The Kier molecular flexibility index (Phi) is 6.57. The lowest BCUT2D eigenvalue weighted by molar-refractivity contribution is 0.262. The predicted molar refractivity (Wildman–Crippen MR) is 133 cm³/mol. The number of nitriles is 1. The molecule has 3 N–H and O–H groups in total. The highest BCUT2D eigenvalue weighted by Crippen LogP contribution is 2.29. The molecule has 0 saturated carbocycles. The highest BCUT2D eigenvalue weighted by molar-refractivity contribution is 7.92. The van der Waals surface area contributed by atoms with Gasteiger partial charge >= 0.3 is 6.03 Å². The Bertz CT molecular complexity index is 1470. The first-order valence-corrected chi connectivity index (χ1v) is 11.8. The minimum absolute atomic E-state index is 0.00602. The van der Waals surface area contributed by atoms with Gasteiger partial charge in [0.25, 0.3) is 10.0 Å². The van der Waals surface area contributed by atoms with Gasteiger partial charge in [0.05, 0.1) is 27.5 Å². The maximum Gasteiger partial charge on any atom is 0.323 e. The maximum absolute atomic E-state index is 12.8. The molecule has 0 aliphatic carbocycles. The van der Waals surface area contributed by atoms with Gasteiger partial charge in [-0.15, -0.1) is 0 Å². The van der Waals surface area contributed by atoms with Crippen LogP contribution in [0.5, 0.6) is 0 Å². The van der Waals surface area contributed by atoms with Crippen molar-refractivity contribution < 1.29 is 13.2 Å². The second-order valence-electron chi connectivity index (χ2n) is 7.25. The minimum Gasteiger partial charge on any atom is -0.307 e. The molecule has 0 aliphatic rings. The number of sulfonamides is 1. The van der Waals surface area contributed by atoms with E-state index in [1.165, 1.54) is 24.3 Å². The summed E-state index contributed by atoms with van der Waals surface area (Å²) < 4.78 is 27.8. The minimum atomic E-state index is -3.91. The van der Waals surface area contributed by atoms with E-state index in [9.17, 15) is 18.5 Å². The highest BCUT2D eigenvalue weighted by atomic mass is 32.2. The SMILES string of the molecule is N#Cc1c(NC(=O)Nc2ccccc2-c2ccccc2)cccc1NS(=O)(=O)c1ccccc1. The number of nitrogens with zero attached hydrogens (tertiary/aromatic N) is 1. The van der Waals surface area contributed by atoms with Crippen LogP contribution < -0.4 is 15.4 Å². The van der Waals surface area contributed by atoms with E-state index in [2.05, 4.69) is 15.4 Å². The zero-order valence-corrected chi connectivity index (χ0v) is 18.7. The molecule has 34 heavy (non-hydrogen) atoms. The summed E-state index contributed by atoms with van der Waals surface area (Å²) in [5, 5.41) is 15.2. The molecular formula is C26H20N4O3S. The topological polar surface area (TPSA) is 111 Å². The van der Waals surface area contributed by atoms with E-state index in [1.54, 1.807) is 30.3 Å². The molecule has 0 fully saturated rings. The molecule has 0 bridgehead atoms. The molecule has 2 amide bonds. The summed E-state index contributed by atoms with van der Waals surface area (Å²) in [6.45, 7) is 0. The van der Waals surface area contributed by atoms with Crippen LogP contribution in [0.2, 0.25) is 0 Å². The summed E-state index contributed by atoms with van der Waals surface area (Å²) in [4.78, 5) is 12.8. The van der Waals surface area contributed by atoms with Gasteiger partial charge in [-0.25, -0.2) is 13.2 Å². The summed E-state index contributed by atoms with van der Waals surface area (Å²) in [5.41, 5.74) is 2.59. The number of rotatable bonds is 6. The fourth-order valence-electron chi connectivity index (χ4n) is 3.40. The number of hydrogen-bond donors (Lipinski definition) is 3. The molecule has 4 aromatic rings. The molecular weight excluding hydrogens is 448 g/mol. The van der Waals surface area contributed by atoms with E-state index in [0.717, 1.165) is 11.1 Å². The maximum atomic E-state index is 12.8. The first-order valence-electron chi connectivity index (χ1n) is 10.3. The van der Waals surface area contributed by atoms with Crippen LogP contribution in [0.4, 0.5) is 21.9 Å². The van der Waals surface area contributed by atoms with Crippen molar-refractivity contribution in [2.45, 2.75) is 4.90 Å². The third-order valence-electron chi connectivity index (χ3n) is 4.98. The molecule has 8 heteroatoms. The van der Waals surface area contributed by atoms with Crippen LogP contribution in [0, 0.1) is 11.3 Å². The van der Waals surface area contributed by atoms with E-state index in [0.29, 0.717) is 5.69 Å². The number of benzene rings is 4. The smallest absolute Gasteiger partial charge is 0.307 e. The second-order valence-corrected chi connectivity index (χ2v) is 8.93. The van der Waals surface area contributed by atoms with Crippen LogP contribution >= 0.6 is 0 Å². The molecule has 0 unspecified atom stereocenters. The van der Waals surface area contributed by atoms with Gasteiger partial charge in [-0.05, 0) is 35.9 Å². The van der Waals surface area contributed by atoms with Gasteiger partial charge in [-0.3, -0.25) is 4.72 Å². The molecule has 7 nitrogen and oxygen atoms in total. The van der Waals surface area contributed by atoms with E-state index >= 15 is 0 Å². The number of para-hydroxylation sites is 1. The fraction of sp³-hybridized carbons (Fsp3) is 0. The van der Waals surface area contributed by atoms with Crippen molar-refractivity contribution in [1.82, 2.24) is 0 Å². The number of anilines is 3. The van der Waals surface area contributed by atoms with Crippen LogP contribution in [-0.4, -0.2) is 14.4 Å². The van der Waals surface area contributed by atoms with Crippen LogP contribution in [-0.2, 0) is 10.0 Å². The standard InChI is InChI=1S/C26H20N4O3S/c27-18-22-24(16-9-17-25(22)30-34(32,33)20-12-5-2-6-13-20)29-26(31)28-23-15-8-7-14-21(23)19-10-3-1-4-11-19/h1-17,30H,(H2,28,29,31). The number of urea groups is 1. The van der Waals surface area contributed by atoms with E-state index in [-0.39, 0.29) is 21.8 Å². The molecule has 0 aliphatic heterocycles.